The third-order valence-electron chi connectivity index (χ3n) is 5.80. The van der Waals surface area contributed by atoms with Crippen LogP contribution in [0.1, 0.15) is 44.1 Å². The number of fused-ring (bicyclic) bond motifs is 1. The molecular formula is C21H26N2O2. The van der Waals surface area contributed by atoms with Gasteiger partial charge in [-0.15, -0.1) is 0 Å². The van der Waals surface area contributed by atoms with Gasteiger partial charge in [-0.25, -0.2) is 0 Å². The molecule has 4 nitrogen and oxygen atoms in total. The van der Waals surface area contributed by atoms with Gasteiger partial charge in [0, 0.05) is 31.7 Å². The first-order valence-electron chi connectivity index (χ1n) is 9.57. The highest BCUT2D eigenvalue weighted by Crippen LogP contribution is 2.31. The lowest BCUT2D eigenvalue weighted by Gasteiger charge is -2.22. The third kappa shape index (κ3) is 3.35. The molecule has 0 radical (unpaired) electrons. The Morgan fingerprint density at radius 2 is 2.04 bits per heavy atom. The highest BCUT2D eigenvalue weighted by molar-refractivity contribution is 6.00. The van der Waals surface area contributed by atoms with Gasteiger partial charge in [0.1, 0.15) is 0 Å². The van der Waals surface area contributed by atoms with Crippen LogP contribution in [0.25, 0.3) is 0 Å². The summed E-state index contributed by atoms with van der Waals surface area (Å²) >= 11 is 0. The number of rotatable bonds is 4. The average molecular weight is 338 g/mol. The molecule has 0 bridgehead atoms. The van der Waals surface area contributed by atoms with E-state index in [9.17, 15) is 9.59 Å². The SMILES string of the molecule is O=C1CC(C(=O)N2CCc3ccccc32)CN1CCC1=CCCCC1. The minimum Gasteiger partial charge on any atom is -0.342 e. The van der Waals surface area contributed by atoms with Gasteiger partial charge in [-0.05, 0) is 50.2 Å². The number of amides is 2. The van der Waals surface area contributed by atoms with Crippen molar-refractivity contribution in [2.24, 2.45) is 5.92 Å². The molecular weight excluding hydrogens is 312 g/mol. The number of hydrogen-bond acceptors (Lipinski definition) is 2. The first-order valence-corrected chi connectivity index (χ1v) is 9.57. The van der Waals surface area contributed by atoms with E-state index in [-0.39, 0.29) is 17.7 Å². The summed E-state index contributed by atoms with van der Waals surface area (Å²) in [6, 6.07) is 8.11. The number of benzene rings is 1. The van der Waals surface area contributed by atoms with E-state index >= 15 is 0 Å². The van der Waals surface area contributed by atoms with Crippen molar-refractivity contribution in [3.05, 3.63) is 41.5 Å². The second kappa shape index (κ2) is 7.03. The zero-order valence-electron chi connectivity index (χ0n) is 14.7. The van der Waals surface area contributed by atoms with Crippen molar-refractivity contribution in [1.82, 2.24) is 4.90 Å². The Morgan fingerprint density at radius 1 is 1.16 bits per heavy atom. The van der Waals surface area contributed by atoms with Crippen LogP contribution in [0.2, 0.25) is 0 Å². The van der Waals surface area contributed by atoms with Crippen LogP contribution in [-0.2, 0) is 16.0 Å². The molecule has 0 N–H and O–H groups in total. The number of para-hydroxylation sites is 1. The predicted octanol–water partition coefficient (Wildman–Crippen LogP) is 3.31. The number of allylic oxidation sites excluding steroid dienone is 1. The summed E-state index contributed by atoms with van der Waals surface area (Å²) in [5.74, 6) is 0.0823. The van der Waals surface area contributed by atoms with Gasteiger partial charge in [0.2, 0.25) is 11.8 Å². The van der Waals surface area contributed by atoms with Crippen molar-refractivity contribution in [1.29, 1.82) is 0 Å². The molecule has 0 saturated carbocycles. The van der Waals surface area contributed by atoms with Crippen LogP contribution in [0.5, 0.6) is 0 Å². The highest BCUT2D eigenvalue weighted by Gasteiger charge is 2.38. The molecule has 132 valence electrons. The largest absolute Gasteiger partial charge is 0.342 e. The van der Waals surface area contributed by atoms with E-state index < -0.39 is 0 Å². The van der Waals surface area contributed by atoms with Gasteiger partial charge < -0.3 is 9.80 Å². The van der Waals surface area contributed by atoms with Gasteiger partial charge in [-0.3, -0.25) is 9.59 Å². The van der Waals surface area contributed by atoms with Crippen molar-refractivity contribution >= 4 is 17.5 Å². The number of likely N-dealkylation sites (tertiary alicyclic amines) is 1. The summed E-state index contributed by atoms with van der Waals surface area (Å²) in [6.07, 6.45) is 9.52. The molecule has 0 aromatic heterocycles. The molecule has 4 rings (SSSR count). The van der Waals surface area contributed by atoms with Crippen LogP contribution in [0.15, 0.2) is 35.9 Å². The maximum absolute atomic E-state index is 12.9. The molecule has 2 aliphatic heterocycles. The maximum Gasteiger partial charge on any atom is 0.232 e. The van der Waals surface area contributed by atoms with Crippen molar-refractivity contribution in [2.75, 3.05) is 24.5 Å². The van der Waals surface area contributed by atoms with Gasteiger partial charge in [-0.2, -0.15) is 0 Å². The van der Waals surface area contributed by atoms with Crippen molar-refractivity contribution < 1.29 is 9.59 Å². The molecule has 25 heavy (non-hydrogen) atoms. The summed E-state index contributed by atoms with van der Waals surface area (Å²) < 4.78 is 0. The Bertz CT molecular complexity index is 710. The van der Waals surface area contributed by atoms with E-state index in [1.807, 2.05) is 28.0 Å². The van der Waals surface area contributed by atoms with E-state index in [1.165, 1.54) is 36.8 Å². The van der Waals surface area contributed by atoms with Crippen LogP contribution < -0.4 is 4.90 Å². The Balaban J connectivity index is 1.37. The molecule has 2 amide bonds. The van der Waals surface area contributed by atoms with Gasteiger partial charge >= 0.3 is 0 Å². The molecule has 4 heteroatoms. The van der Waals surface area contributed by atoms with Gasteiger partial charge in [-0.1, -0.05) is 29.8 Å². The van der Waals surface area contributed by atoms with Crippen LogP contribution in [-0.4, -0.2) is 36.3 Å². The minimum absolute atomic E-state index is 0.123. The fourth-order valence-corrected chi connectivity index (χ4v) is 4.35. The first-order chi connectivity index (χ1) is 12.2. The molecule has 2 heterocycles. The number of carbonyl (C=O) groups excluding carboxylic acids is 2. The molecule has 3 aliphatic rings. The number of hydrogen-bond donors (Lipinski definition) is 0. The summed E-state index contributed by atoms with van der Waals surface area (Å²) in [6.45, 7) is 2.10. The van der Waals surface area contributed by atoms with Gasteiger partial charge in [0.25, 0.3) is 0 Å². The minimum atomic E-state index is -0.181. The van der Waals surface area contributed by atoms with Crippen molar-refractivity contribution in [3.63, 3.8) is 0 Å². The molecule has 1 atom stereocenters. The van der Waals surface area contributed by atoms with Crippen molar-refractivity contribution in [2.45, 2.75) is 44.9 Å². The van der Waals surface area contributed by atoms with E-state index in [0.717, 1.165) is 31.6 Å². The second-order valence-corrected chi connectivity index (χ2v) is 7.47. The summed E-state index contributed by atoms with van der Waals surface area (Å²) in [5.41, 5.74) is 3.76. The zero-order chi connectivity index (χ0) is 17.2. The fourth-order valence-electron chi connectivity index (χ4n) is 4.35. The van der Waals surface area contributed by atoms with E-state index in [2.05, 4.69) is 12.1 Å². The topological polar surface area (TPSA) is 40.6 Å². The smallest absolute Gasteiger partial charge is 0.232 e. The molecule has 1 fully saturated rings. The Morgan fingerprint density at radius 3 is 2.88 bits per heavy atom. The molecule has 1 aliphatic carbocycles. The lowest BCUT2D eigenvalue weighted by atomic mass is 9.97. The lowest BCUT2D eigenvalue weighted by molar-refractivity contribution is -0.128. The van der Waals surface area contributed by atoms with E-state index in [4.69, 9.17) is 0 Å². The maximum atomic E-state index is 12.9. The molecule has 1 aromatic carbocycles. The fraction of sp³-hybridized carbons (Fsp3) is 0.524. The molecule has 0 spiro atoms. The first kappa shape index (κ1) is 16.4. The Kier molecular flexibility index (Phi) is 4.60. The van der Waals surface area contributed by atoms with Gasteiger partial charge in [0.05, 0.1) is 5.92 Å². The monoisotopic (exact) mass is 338 g/mol. The summed E-state index contributed by atoms with van der Waals surface area (Å²) in [5, 5.41) is 0. The summed E-state index contributed by atoms with van der Waals surface area (Å²) in [4.78, 5) is 29.1. The van der Waals surface area contributed by atoms with Crippen LogP contribution in [0.3, 0.4) is 0 Å². The second-order valence-electron chi connectivity index (χ2n) is 7.47. The zero-order valence-corrected chi connectivity index (χ0v) is 14.7. The van der Waals surface area contributed by atoms with Crippen molar-refractivity contribution in [3.8, 4) is 0 Å². The van der Waals surface area contributed by atoms with Crippen LogP contribution >= 0.6 is 0 Å². The van der Waals surface area contributed by atoms with E-state index in [1.54, 1.807) is 0 Å². The lowest BCUT2D eigenvalue weighted by Crippen LogP contribution is -2.36. The van der Waals surface area contributed by atoms with E-state index in [0.29, 0.717) is 13.0 Å². The number of nitrogens with zero attached hydrogens (tertiary/aromatic N) is 2. The number of anilines is 1. The normalized spacial score (nSPS) is 23.0. The quantitative estimate of drug-likeness (QED) is 0.790. The average Bonchev–Trinajstić information content (AvgIpc) is 3.24. The standard InChI is InChI=1S/C21H26N2O2/c24-20-14-18(15-22(20)12-10-16-6-2-1-3-7-16)21(25)23-13-11-17-8-4-5-9-19(17)23/h4-6,8-9,18H,1-3,7,10-15H2. The molecule has 1 saturated heterocycles. The van der Waals surface area contributed by atoms with Crippen LogP contribution in [0, 0.1) is 5.92 Å². The Hall–Kier alpha value is -2.10. The van der Waals surface area contributed by atoms with Gasteiger partial charge in [0.15, 0.2) is 0 Å². The summed E-state index contributed by atoms with van der Waals surface area (Å²) in [7, 11) is 0. The molecule has 1 aromatic rings. The predicted molar refractivity (Wildman–Crippen MR) is 98.4 cm³/mol. The number of carbonyl (C=O) groups is 2. The Labute approximate surface area is 149 Å². The molecule has 1 unspecified atom stereocenters. The third-order valence-corrected chi connectivity index (χ3v) is 5.80. The van der Waals surface area contributed by atoms with Crippen LogP contribution in [0.4, 0.5) is 5.69 Å². The highest BCUT2D eigenvalue weighted by atomic mass is 16.2.